The number of anilines is 2. The Morgan fingerprint density at radius 3 is 2.47 bits per heavy atom. The van der Waals surface area contributed by atoms with E-state index in [-0.39, 0.29) is 33.0 Å². The quantitative estimate of drug-likeness (QED) is 0.352. The average Bonchev–Trinajstić information content (AvgIpc) is 3.21. The Kier molecular flexibility index (Phi) is 6.33. The number of hydrogen-bond acceptors (Lipinski definition) is 6. The van der Waals surface area contributed by atoms with Crippen LogP contribution in [0.2, 0.25) is 5.02 Å². The number of carbonyl (C=O) groups excluding carboxylic acids is 1. The van der Waals surface area contributed by atoms with Gasteiger partial charge in [0.2, 0.25) is 0 Å². The van der Waals surface area contributed by atoms with Crippen LogP contribution >= 0.6 is 11.6 Å². The van der Waals surface area contributed by atoms with E-state index in [4.69, 9.17) is 17.3 Å². The second-order valence-corrected chi connectivity index (χ2v) is 10.2. The number of fused-ring (bicyclic) bond motifs is 1. The molecule has 0 spiro atoms. The first-order valence-electron chi connectivity index (χ1n) is 10.7. The Hall–Kier alpha value is -3.43. The Balaban J connectivity index is 1.75. The van der Waals surface area contributed by atoms with E-state index in [9.17, 15) is 13.2 Å². The van der Waals surface area contributed by atoms with Gasteiger partial charge in [0.1, 0.15) is 17.8 Å². The SMILES string of the molecule is CCc1ccc(S(=O)(=O)Nc2cccc(C(=O)c3cn(C(C)C)c4ncnc(N)c34)c2Cl)cc1. The third kappa shape index (κ3) is 4.24. The maximum absolute atomic E-state index is 13.5. The van der Waals surface area contributed by atoms with Gasteiger partial charge in [-0.05, 0) is 50.1 Å². The zero-order chi connectivity index (χ0) is 24.6. The summed E-state index contributed by atoms with van der Waals surface area (Å²) in [7, 11) is -3.91. The highest BCUT2D eigenvalue weighted by molar-refractivity contribution is 7.92. The number of rotatable bonds is 7. The van der Waals surface area contributed by atoms with Crippen LogP contribution < -0.4 is 10.5 Å². The molecule has 0 aliphatic carbocycles. The van der Waals surface area contributed by atoms with Crippen molar-refractivity contribution in [1.82, 2.24) is 14.5 Å². The highest BCUT2D eigenvalue weighted by atomic mass is 35.5. The first-order chi connectivity index (χ1) is 16.1. The summed E-state index contributed by atoms with van der Waals surface area (Å²) in [5.74, 6) is -0.236. The number of nitrogen functional groups attached to an aromatic ring is 1. The fourth-order valence-electron chi connectivity index (χ4n) is 3.71. The average molecular weight is 498 g/mol. The van der Waals surface area contributed by atoms with E-state index in [0.717, 1.165) is 12.0 Å². The fourth-order valence-corrected chi connectivity index (χ4v) is 5.10. The summed E-state index contributed by atoms with van der Waals surface area (Å²) in [5.41, 5.74) is 8.16. The maximum Gasteiger partial charge on any atom is 0.261 e. The number of ketones is 1. The summed E-state index contributed by atoms with van der Waals surface area (Å²) in [4.78, 5) is 22.0. The van der Waals surface area contributed by atoms with Crippen molar-refractivity contribution in [3.8, 4) is 0 Å². The van der Waals surface area contributed by atoms with Crippen LogP contribution in [0.3, 0.4) is 0 Å². The normalized spacial score (nSPS) is 11.8. The van der Waals surface area contributed by atoms with E-state index in [2.05, 4.69) is 14.7 Å². The second-order valence-electron chi connectivity index (χ2n) is 8.10. The van der Waals surface area contributed by atoms with E-state index in [1.165, 1.54) is 30.6 Å². The van der Waals surface area contributed by atoms with Crippen LogP contribution in [0.1, 0.15) is 48.3 Å². The number of nitrogens with two attached hydrogens (primary N) is 1. The molecule has 0 unspecified atom stereocenters. The van der Waals surface area contributed by atoms with Crippen LogP contribution in [-0.4, -0.2) is 28.7 Å². The fraction of sp³-hybridized carbons (Fsp3) is 0.208. The van der Waals surface area contributed by atoms with Gasteiger partial charge in [-0.15, -0.1) is 0 Å². The van der Waals surface area contributed by atoms with Gasteiger partial charge in [-0.3, -0.25) is 9.52 Å². The van der Waals surface area contributed by atoms with Crippen molar-refractivity contribution >= 4 is 49.9 Å². The van der Waals surface area contributed by atoms with Crippen LogP contribution in [0.25, 0.3) is 11.0 Å². The minimum atomic E-state index is -3.91. The van der Waals surface area contributed by atoms with Gasteiger partial charge in [-0.2, -0.15) is 0 Å². The highest BCUT2D eigenvalue weighted by Gasteiger charge is 2.25. The van der Waals surface area contributed by atoms with E-state index in [0.29, 0.717) is 16.6 Å². The molecule has 0 saturated carbocycles. The first kappa shape index (κ1) is 23.7. The minimum Gasteiger partial charge on any atom is -0.383 e. The second kappa shape index (κ2) is 9.08. The van der Waals surface area contributed by atoms with Crippen LogP contribution in [0.15, 0.2) is 59.9 Å². The number of carbonyl (C=O) groups is 1. The van der Waals surface area contributed by atoms with Gasteiger partial charge in [0.05, 0.1) is 26.6 Å². The van der Waals surface area contributed by atoms with E-state index in [1.54, 1.807) is 24.4 Å². The van der Waals surface area contributed by atoms with Crippen molar-refractivity contribution in [2.24, 2.45) is 0 Å². The molecular formula is C24H24ClN5O3S. The molecule has 176 valence electrons. The standard InChI is InChI=1S/C24H24ClN5O3S/c1-4-15-8-10-16(11-9-15)34(32,33)29-19-7-5-6-17(21(19)25)22(31)18-12-30(14(2)3)24-20(18)23(26)27-13-28-24/h5-14,29H,4H2,1-3H3,(H2,26,27,28). The number of nitrogens with zero attached hydrogens (tertiary/aromatic N) is 3. The molecule has 0 fully saturated rings. The summed E-state index contributed by atoms with van der Waals surface area (Å²) in [6.07, 6.45) is 3.82. The number of benzene rings is 2. The third-order valence-electron chi connectivity index (χ3n) is 5.57. The Labute approximate surface area is 202 Å². The van der Waals surface area contributed by atoms with Gasteiger partial charge in [0, 0.05) is 17.8 Å². The molecule has 8 nitrogen and oxygen atoms in total. The van der Waals surface area contributed by atoms with Crippen molar-refractivity contribution in [2.45, 2.75) is 38.1 Å². The number of nitrogens with one attached hydrogen (secondary N) is 1. The molecule has 0 bridgehead atoms. The minimum absolute atomic E-state index is 0.0119. The molecule has 0 atom stereocenters. The number of aromatic nitrogens is 3. The zero-order valence-corrected chi connectivity index (χ0v) is 20.5. The van der Waals surface area contributed by atoms with E-state index >= 15 is 0 Å². The largest absolute Gasteiger partial charge is 0.383 e. The third-order valence-corrected chi connectivity index (χ3v) is 7.36. The number of sulfonamides is 1. The lowest BCUT2D eigenvalue weighted by Crippen LogP contribution is -2.14. The van der Waals surface area contributed by atoms with E-state index < -0.39 is 15.8 Å². The molecule has 0 aliphatic rings. The zero-order valence-electron chi connectivity index (χ0n) is 18.9. The van der Waals surface area contributed by atoms with E-state index in [1.807, 2.05) is 25.3 Å². The monoisotopic (exact) mass is 497 g/mol. The molecule has 3 N–H and O–H groups in total. The van der Waals surface area contributed by atoms with Gasteiger partial charge in [-0.1, -0.05) is 36.7 Å². The molecule has 34 heavy (non-hydrogen) atoms. The molecule has 2 aromatic carbocycles. The summed E-state index contributed by atoms with van der Waals surface area (Å²) in [6.45, 7) is 5.91. The molecule has 10 heteroatoms. The van der Waals surface area contributed by atoms with Crippen molar-refractivity contribution in [3.05, 3.63) is 76.7 Å². The molecule has 0 saturated heterocycles. The topological polar surface area (TPSA) is 120 Å². The van der Waals surface area contributed by atoms with Crippen LogP contribution in [-0.2, 0) is 16.4 Å². The van der Waals surface area contributed by atoms with Crippen molar-refractivity contribution in [2.75, 3.05) is 10.5 Å². The Morgan fingerprint density at radius 2 is 1.82 bits per heavy atom. The lowest BCUT2D eigenvalue weighted by Gasteiger charge is -2.12. The Morgan fingerprint density at radius 1 is 1.12 bits per heavy atom. The molecule has 0 amide bonds. The van der Waals surface area contributed by atoms with Crippen LogP contribution in [0.4, 0.5) is 11.5 Å². The van der Waals surface area contributed by atoms with Gasteiger partial charge in [0.25, 0.3) is 10.0 Å². The van der Waals surface area contributed by atoms with Crippen molar-refractivity contribution in [1.29, 1.82) is 0 Å². The predicted molar refractivity (Wildman–Crippen MR) is 134 cm³/mol. The smallest absolute Gasteiger partial charge is 0.261 e. The summed E-state index contributed by atoms with van der Waals surface area (Å²) >= 11 is 6.54. The predicted octanol–water partition coefficient (Wildman–Crippen LogP) is 4.84. The molecule has 0 radical (unpaired) electrons. The molecule has 4 rings (SSSR count). The summed E-state index contributed by atoms with van der Waals surface area (Å²) in [5, 5.41) is 0.418. The van der Waals surface area contributed by atoms with Crippen LogP contribution in [0.5, 0.6) is 0 Å². The summed E-state index contributed by atoms with van der Waals surface area (Å²) < 4.78 is 30.1. The van der Waals surface area contributed by atoms with Gasteiger partial charge < -0.3 is 10.3 Å². The van der Waals surface area contributed by atoms with Crippen molar-refractivity contribution < 1.29 is 13.2 Å². The van der Waals surface area contributed by atoms with Gasteiger partial charge >= 0.3 is 0 Å². The number of halogens is 1. The maximum atomic E-state index is 13.5. The molecule has 0 aliphatic heterocycles. The first-order valence-corrected chi connectivity index (χ1v) is 12.6. The van der Waals surface area contributed by atoms with Gasteiger partial charge in [-0.25, -0.2) is 18.4 Å². The van der Waals surface area contributed by atoms with Gasteiger partial charge in [0.15, 0.2) is 5.78 Å². The van der Waals surface area contributed by atoms with Crippen molar-refractivity contribution in [3.63, 3.8) is 0 Å². The highest BCUT2D eigenvalue weighted by Crippen LogP contribution is 2.33. The number of hydrogen-bond donors (Lipinski definition) is 2. The molecular weight excluding hydrogens is 474 g/mol. The molecule has 4 aromatic rings. The molecule has 2 heterocycles. The lowest BCUT2D eigenvalue weighted by molar-refractivity contribution is 0.104. The molecule has 2 aromatic heterocycles. The number of aryl methyl sites for hydroxylation is 1. The summed E-state index contributed by atoms with van der Waals surface area (Å²) in [6, 6.07) is 11.2. The van der Waals surface area contributed by atoms with Crippen LogP contribution in [0, 0.1) is 0 Å². The lowest BCUT2D eigenvalue weighted by atomic mass is 10.0. The Bertz CT molecular complexity index is 1500.